The minimum Gasteiger partial charge on any atom is -0.480 e. The van der Waals surface area contributed by atoms with Crippen LogP contribution in [-0.2, 0) is 36.0 Å². The van der Waals surface area contributed by atoms with Crippen LogP contribution >= 0.6 is 0 Å². The van der Waals surface area contributed by atoms with Gasteiger partial charge in [0.25, 0.3) is 0 Å². The summed E-state index contributed by atoms with van der Waals surface area (Å²) in [6.45, 7) is -2.25. The molecule has 0 fully saturated rings. The van der Waals surface area contributed by atoms with E-state index in [1.54, 1.807) is 0 Å². The number of carboxylic acid groups (broad SMARTS) is 4. The monoisotopic (exact) mass is 368 g/mol. The van der Waals surface area contributed by atoms with Gasteiger partial charge in [0.15, 0.2) is 0 Å². The fraction of sp³-hybridized carbons (Fsp3) is 0.600. The van der Waals surface area contributed by atoms with Gasteiger partial charge in [-0.15, -0.1) is 0 Å². The summed E-state index contributed by atoms with van der Waals surface area (Å²) in [7, 11) is 0. The van der Waals surface area contributed by atoms with Crippen molar-refractivity contribution >= 4 is 23.9 Å². The molecule has 131 valence electrons. The van der Waals surface area contributed by atoms with Crippen LogP contribution < -0.4 is 6.15 Å². The minimum atomic E-state index is -1.23. The van der Waals surface area contributed by atoms with Gasteiger partial charge in [0.2, 0.25) is 0 Å². The van der Waals surface area contributed by atoms with Crippen molar-refractivity contribution in [2.45, 2.75) is 0 Å². The predicted molar refractivity (Wildman–Crippen MR) is 68.4 cm³/mol. The topological polar surface area (TPSA) is 191 Å². The predicted octanol–water partition coefficient (Wildman–Crippen LogP) is -1.91. The fourth-order valence-corrected chi connectivity index (χ4v) is 1.48. The molecule has 0 rings (SSSR count). The van der Waals surface area contributed by atoms with Crippen molar-refractivity contribution in [3.63, 3.8) is 0 Å². The second-order valence-corrected chi connectivity index (χ2v) is 4.00. The van der Waals surface area contributed by atoms with Gasteiger partial charge in [-0.25, -0.2) is 0 Å². The minimum absolute atomic E-state index is 0. The molecule has 0 saturated heterocycles. The molecule has 0 aromatic heterocycles. The van der Waals surface area contributed by atoms with E-state index in [-0.39, 0.29) is 36.0 Å². The number of hydrogen-bond donors (Lipinski definition) is 5. The first-order valence-electron chi connectivity index (χ1n) is 5.52. The third-order valence-corrected chi connectivity index (χ3v) is 2.17. The van der Waals surface area contributed by atoms with E-state index in [1.165, 1.54) is 0 Å². The molecule has 0 aliphatic rings. The Morgan fingerprint density at radius 2 is 0.773 bits per heavy atom. The molecule has 7 N–H and O–H groups in total. The van der Waals surface area contributed by atoms with Gasteiger partial charge in [-0.1, -0.05) is 0 Å². The summed E-state index contributed by atoms with van der Waals surface area (Å²) in [6, 6.07) is 0. The quantitative estimate of drug-likeness (QED) is 0.273. The van der Waals surface area contributed by atoms with Crippen LogP contribution in [-0.4, -0.2) is 93.4 Å². The summed E-state index contributed by atoms with van der Waals surface area (Å²) in [6.07, 6.45) is 0. The Morgan fingerprint density at radius 3 is 0.909 bits per heavy atom. The van der Waals surface area contributed by atoms with Crippen LogP contribution in [0.15, 0.2) is 0 Å². The Hall–Kier alpha value is -1.73. The first-order valence-corrected chi connectivity index (χ1v) is 5.52. The average molecular weight is 368 g/mol. The molecule has 0 atom stereocenters. The SMILES string of the molecule is N.O=C(O)CN(CCN(CC(=O)O)CC(=O)O)CC(=O)O.[Co]. The molecule has 0 bridgehead atoms. The average Bonchev–Trinajstić information content (AvgIpc) is 2.22. The van der Waals surface area contributed by atoms with Crippen LogP contribution in [0.2, 0.25) is 0 Å². The Balaban J connectivity index is -0.00000180. The smallest absolute Gasteiger partial charge is 0.317 e. The Morgan fingerprint density at radius 1 is 0.591 bits per heavy atom. The van der Waals surface area contributed by atoms with E-state index < -0.39 is 50.1 Å². The van der Waals surface area contributed by atoms with Crippen LogP contribution in [0.25, 0.3) is 0 Å². The van der Waals surface area contributed by atoms with Gasteiger partial charge in [0.05, 0.1) is 26.2 Å². The van der Waals surface area contributed by atoms with Gasteiger partial charge in [-0.05, 0) is 0 Å². The summed E-state index contributed by atoms with van der Waals surface area (Å²) in [5.74, 6) is -4.91. The van der Waals surface area contributed by atoms with Crippen LogP contribution in [0.5, 0.6) is 0 Å². The molecule has 1 radical (unpaired) electrons. The first kappa shape index (κ1) is 25.2. The van der Waals surface area contributed by atoms with E-state index in [1.807, 2.05) is 0 Å². The maximum Gasteiger partial charge on any atom is 0.317 e. The van der Waals surface area contributed by atoms with E-state index in [0.717, 1.165) is 9.80 Å². The molecule has 0 heterocycles. The number of rotatable bonds is 11. The molecule has 0 aliphatic heterocycles. The van der Waals surface area contributed by atoms with Crippen molar-refractivity contribution in [2.75, 3.05) is 39.3 Å². The van der Waals surface area contributed by atoms with E-state index in [9.17, 15) is 19.2 Å². The number of carbonyl (C=O) groups is 4. The molecule has 12 heteroatoms. The third kappa shape index (κ3) is 14.7. The van der Waals surface area contributed by atoms with Crippen LogP contribution in [0, 0.1) is 0 Å². The normalized spacial score (nSPS) is 9.73. The molecular formula is C10H19CoN3O8. The molecule has 0 spiro atoms. The van der Waals surface area contributed by atoms with Gasteiger partial charge in [0.1, 0.15) is 0 Å². The summed E-state index contributed by atoms with van der Waals surface area (Å²) >= 11 is 0. The summed E-state index contributed by atoms with van der Waals surface area (Å²) in [5, 5.41) is 34.5. The Bertz CT molecular complexity index is 324. The first-order chi connectivity index (χ1) is 9.20. The van der Waals surface area contributed by atoms with Crippen LogP contribution in [0.1, 0.15) is 0 Å². The van der Waals surface area contributed by atoms with Crippen molar-refractivity contribution in [2.24, 2.45) is 0 Å². The van der Waals surface area contributed by atoms with E-state index in [0.29, 0.717) is 0 Å². The van der Waals surface area contributed by atoms with E-state index in [2.05, 4.69) is 0 Å². The van der Waals surface area contributed by atoms with Gasteiger partial charge in [-0.3, -0.25) is 29.0 Å². The molecular weight excluding hydrogens is 349 g/mol. The fourth-order valence-electron chi connectivity index (χ4n) is 1.48. The molecule has 0 aromatic carbocycles. The maximum atomic E-state index is 10.6. The van der Waals surface area contributed by atoms with Crippen LogP contribution in [0.4, 0.5) is 0 Å². The zero-order valence-corrected chi connectivity index (χ0v) is 12.6. The van der Waals surface area contributed by atoms with Crippen molar-refractivity contribution < 1.29 is 56.4 Å². The Labute approximate surface area is 136 Å². The van der Waals surface area contributed by atoms with Crippen molar-refractivity contribution in [1.29, 1.82) is 0 Å². The van der Waals surface area contributed by atoms with Crippen molar-refractivity contribution in [3.05, 3.63) is 0 Å². The third-order valence-electron chi connectivity index (χ3n) is 2.17. The molecule has 0 saturated carbocycles. The maximum absolute atomic E-state index is 10.6. The number of nitrogens with zero attached hydrogens (tertiary/aromatic N) is 2. The standard InChI is InChI=1S/C10H16N2O8.Co.H3N/c13-7(14)3-11(4-8(15)16)1-2-12(5-9(17)18)6-10(19)20;;/h1-6H2,(H,13,14)(H,15,16)(H,17,18)(H,19,20);;1H3. The van der Waals surface area contributed by atoms with Gasteiger partial charge >= 0.3 is 23.9 Å². The molecule has 11 nitrogen and oxygen atoms in total. The van der Waals surface area contributed by atoms with Crippen molar-refractivity contribution in [3.8, 4) is 0 Å². The van der Waals surface area contributed by atoms with E-state index >= 15 is 0 Å². The van der Waals surface area contributed by atoms with Gasteiger partial charge in [-0.2, -0.15) is 0 Å². The summed E-state index contributed by atoms with van der Waals surface area (Å²) < 4.78 is 0. The zero-order chi connectivity index (χ0) is 15.7. The molecule has 0 aliphatic carbocycles. The largest absolute Gasteiger partial charge is 0.480 e. The number of aliphatic carboxylic acids is 4. The van der Waals surface area contributed by atoms with E-state index in [4.69, 9.17) is 20.4 Å². The second-order valence-electron chi connectivity index (χ2n) is 4.00. The molecule has 0 aromatic rings. The van der Waals surface area contributed by atoms with Crippen LogP contribution in [0.3, 0.4) is 0 Å². The molecule has 22 heavy (non-hydrogen) atoms. The number of carboxylic acids is 4. The second kappa shape index (κ2) is 13.0. The van der Waals surface area contributed by atoms with Gasteiger partial charge < -0.3 is 26.6 Å². The molecule has 0 amide bonds. The summed E-state index contributed by atoms with van der Waals surface area (Å²) in [4.78, 5) is 44.4. The summed E-state index contributed by atoms with van der Waals surface area (Å²) in [5.41, 5.74) is 0. The molecule has 0 unspecified atom stereocenters. The Kier molecular flexibility index (Phi) is 14.9. The number of hydrogen-bond acceptors (Lipinski definition) is 7. The van der Waals surface area contributed by atoms with Crippen molar-refractivity contribution in [1.82, 2.24) is 16.0 Å². The van der Waals surface area contributed by atoms with Gasteiger partial charge in [0, 0.05) is 29.9 Å². The zero-order valence-electron chi connectivity index (χ0n) is 11.6.